The molecule has 0 bridgehead atoms. The van der Waals surface area contributed by atoms with E-state index in [0.29, 0.717) is 11.1 Å². The summed E-state index contributed by atoms with van der Waals surface area (Å²) in [6.07, 6.45) is 4.66. The van der Waals surface area contributed by atoms with Crippen molar-refractivity contribution >= 4 is 22.1 Å². The predicted octanol–water partition coefficient (Wildman–Crippen LogP) is 1.78. The van der Waals surface area contributed by atoms with Crippen LogP contribution in [0.3, 0.4) is 0 Å². The molecule has 0 saturated carbocycles. The first-order chi connectivity index (χ1) is 12.2. The van der Waals surface area contributed by atoms with Gasteiger partial charge in [0.15, 0.2) is 0 Å². The Labute approximate surface area is 153 Å². The van der Waals surface area contributed by atoms with E-state index in [0.717, 1.165) is 15.4 Å². The van der Waals surface area contributed by atoms with E-state index in [1.807, 2.05) is 19.1 Å². The molecule has 26 heavy (non-hydrogen) atoms. The Hall–Kier alpha value is -2.58. The van der Waals surface area contributed by atoms with Crippen LogP contribution in [0.4, 0.5) is 0 Å². The number of nitrogens with one attached hydrogen (secondary N) is 1. The number of benzene rings is 1. The molecule has 1 aromatic heterocycles. The summed E-state index contributed by atoms with van der Waals surface area (Å²) in [7, 11) is -2.41. The van der Waals surface area contributed by atoms with Gasteiger partial charge in [-0.1, -0.05) is 23.8 Å². The molecular weight excluding hydrogens is 352 g/mol. The van der Waals surface area contributed by atoms with Gasteiger partial charge < -0.3 is 0 Å². The lowest BCUT2D eigenvalue weighted by Crippen LogP contribution is -2.37. The fourth-order valence-corrected chi connectivity index (χ4v) is 4.21. The SMILES string of the molecule is Cc1cc(C)c(S(=O)(=O)N(C)CC(=O)N/N=C\c2cccnc2)c(C)c1. The van der Waals surface area contributed by atoms with Gasteiger partial charge in [-0.15, -0.1) is 0 Å². The van der Waals surface area contributed by atoms with Crippen molar-refractivity contribution in [3.63, 3.8) is 0 Å². The second kappa shape index (κ2) is 8.20. The summed E-state index contributed by atoms with van der Waals surface area (Å²) in [6.45, 7) is 5.07. The minimum Gasteiger partial charge on any atom is -0.272 e. The van der Waals surface area contributed by atoms with Gasteiger partial charge in [0, 0.05) is 25.0 Å². The molecule has 8 heteroatoms. The lowest BCUT2D eigenvalue weighted by Gasteiger charge is -2.19. The number of rotatable bonds is 6. The molecule has 0 aliphatic heterocycles. The highest BCUT2D eigenvalue weighted by molar-refractivity contribution is 7.89. The molecule has 0 fully saturated rings. The smallest absolute Gasteiger partial charge is 0.255 e. The Morgan fingerprint density at radius 1 is 1.27 bits per heavy atom. The van der Waals surface area contributed by atoms with Crippen molar-refractivity contribution in [1.29, 1.82) is 0 Å². The molecule has 7 nitrogen and oxygen atoms in total. The average Bonchev–Trinajstić information content (AvgIpc) is 2.54. The molecule has 2 aromatic rings. The van der Waals surface area contributed by atoms with E-state index in [-0.39, 0.29) is 11.4 Å². The van der Waals surface area contributed by atoms with Crippen LogP contribution in [0.1, 0.15) is 22.3 Å². The van der Waals surface area contributed by atoms with Crippen molar-refractivity contribution in [3.05, 3.63) is 58.9 Å². The number of hydrazone groups is 1. The first-order valence-corrected chi connectivity index (χ1v) is 9.42. The van der Waals surface area contributed by atoms with Crippen LogP contribution in [0.15, 0.2) is 46.7 Å². The largest absolute Gasteiger partial charge is 0.272 e. The summed E-state index contributed by atoms with van der Waals surface area (Å²) in [5, 5.41) is 3.81. The Bertz CT molecular complexity index is 902. The predicted molar refractivity (Wildman–Crippen MR) is 100 cm³/mol. The number of carbonyl (C=O) groups is 1. The zero-order valence-corrected chi connectivity index (χ0v) is 16.0. The molecule has 1 amide bonds. The number of aromatic nitrogens is 1. The van der Waals surface area contributed by atoms with Crippen LogP contribution in [-0.4, -0.2) is 43.4 Å². The van der Waals surface area contributed by atoms with Crippen LogP contribution in [0.5, 0.6) is 0 Å². The fraction of sp³-hybridized carbons (Fsp3) is 0.278. The van der Waals surface area contributed by atoms with Crippen molar-refractivity contribution in [3.8, 4) is 0 Å². The molecule has 0 spiro atoms. The second-order valence-electron chi connectivity index (χ2n) is 6.07. The maximum absolute atomic E-state index is 12.8. The lowest BCUT2D eigenvalue weighted by molar-refractivity contribution is -0.121. The number of sulfonamides is 1. The maximum atomic E-state index is 12.8. The molecule has 1 aromatic carbocycles. The zero-order valence-electron chi connectivity index (χ0n) is 15.2. The molecule has 2 rings (SSSR count). The molecule has 0 unspecified atom stereocenters. The molecule has 0 atom stereocenters. The van der Waals surface area contributed by atoms with E-state index in [9.17, 15) is 13.2 Å². The summed E-state index contributed by atoms with van der Waals surface area (Å²) in [5.74, 6) is -0.529. The van der Waals surface area contributed by atoms with Crippen molar-refractivity contribution in [2.24, 2.45) is 5.10 Å². The first-order valence-electron chi connectivity index (χ1n) is 7.98. The molecular formula is C18H22N4O3S. The van der Waals surface area contributed by atoms with Crippen LogP contribution >= 0.6 is 0 Å². The van der Waals surface area contributed by atoms with Gasteiger partial charge in [-0.2, -0.15) is 9.41 Å². The van der Waals surface area contributed by atoms with Crippen LogP contribution in [-0.2, 0) is 14.8 Å². The summed E-state index contributed by atoms with van der Waals surface area (Å²) in [4.78, 5) is 16.2. The molecule has 1 N–H and O–H groups in total. The van der Waals surface area contributed by atoms with Crippen molar-refractivity contribution in [1.82, 2.24) is 14.7 Å². The van der Waals surface area contributed by atoms with E-state index < -0.39 is 15.9 Å². The number of hydrogen-bond acceptors (Lipinski definition) is 5. The third-order valence-electron chi connectivity index (χ3n) is 3.73. The molecule has 0 saturated heterocycles. The van der Waals surface area contributed by atoms with Crippen molar-refractivity contribution in [2.75, 3.05) is 13.6 Å². The normalized spacial score (nSPS) is 11.9. The van der Waals surface area contributed by atoms with Crippen molar-refractivity contribution in [2.45, 2.75) is 25.7 Å². The van der Waals surface area contributed by atoms with Gasteiger partial charge in [-0.05, 0) is 38.0 Å². The highest BCUT2D eigenvalue weighted by Crippen LogP contribution is 2.24. The van der Waals surface area contributed by atoms with Gasteiger partial charge in [0.25, 0.3) is 5.91 Å². The fourth-order valence-electron chi connectivity index (χ4n) is 2.68. The summed E-state index contributed by atoms with van der Waals surface area (Å²) < 4.78 is 26.7. The number of nitrogens with zero attached hydrogens (tertiary/aromatic N) is 3. The van der Waals surface area contributed by atoms with Crippen molar-refractivity contribution < 1.29 is 13.2 Å². The number of pyridine rings is 1. The monoisotopic (exact) mass is 374 g/mol. The quantitative estimate of drug-likeness (QED) is 0.616. The molecule has 138 valence electrons. The van der Waals surface area contributed by atoms with Gasteiger partial charge in [0.05, 0.1) is 17.7 Å². The van der Waals surface area contributed by atoms with E-state index in [1.54, 1.807) is 38.4 Å². The maximum Gasteiger partial charge on any atom is 0.255 e. The van der Waals surface area contributed by atoms with Crippen LogP contribution in [0.25, 0.3) is 0 Å². The van der Waals surface area contributed by atoms with Crippen LogP contribution < -0.4 is 5.43 Å². The number of aryl methyl sites for hydroxylation is 3. The van der Waals surface area contributed by atoms with E-state index in [2.05, 4.69) is 15.5 Å². The van der Waals surface area contributed by atoms with Gasteiger partial charge in [-0.25, -0.2) is 13.8 Å². The van der Waals surface area contributed by atoms with E-state index in [1.165, 1.54) is 13.3 Å². The Kier molecular flexibility index (Phi) is 6.23. The minimum atomic E-state index is -3.78. The summed E-state index contributed by atoms with van der Waals surface area (Å²) >= 11 is 0. The summed E-state index contributed by atoms with van der Waals surface area (Å²) in [5.41, 5.74) is 5.35. The lowest BCUT2D eigenvalue weighted by atomic mass is 10.1. The number of amides is 1. The number of hydrogen-bond donors (Lipinski definition) is 1. The molecule has 0 aliphatic carbocycles. The van der Waals surface area contributed by atoms with Gasteiger partial charge >= 0.3 is 0 Å². The standard InChI is InChI=1S/C18H22N4O3S/c1-13-8-14(2)18(15(3)9-13)26(24,25)22(4)12-17(23)21-20-11-16-6-5-7-19-10-16/h5-11H,12H2,1-4H3,(H,21,23)/b20-11-. The number of likely N-dealkylation sites (N-methyl/N-ethyl adjacent to an activating group) is 1. The van der Waals surface area contributed by atoms with Gasteiger partial charge in [0.2, 0.25) is 10.0 Å². The van der Waals surface area contributed by atoms with E-state index >= 15 is 0 Å². The minimum absolute atomic E-state index is 0.234. The first kappa shape index (κ1) is 19.7. The topological polar surface area (TPSA) is 91.7 Å². The number of carbonyl (C=O) groups excluding carboxylic acids is 1. The van der Waals surface area contributed by atoms with E-state index in [4.69, 9.17) is 0 Å². The third kappa shape index (κ3) is 4.74. The molecule has 0 aliphatic rings. The zero-order chi connectivity index (χ0) is 19.3. The van der Waals surface area contributed by atoms with Crippen LogP contribution in [0.2, 0.25) is 0 Å². The highest BCUT2D eigenvalue weighted by Gasteiger charge is 2.26. The average molecular weight is 374 g/mol. The highest BCUT2D eigenvalue weighted by atomic mass is 32.2. The van der Waals surface area contributed by atoms with Crippen LogP contribution in [0, 0.1) is 20.8 Å². The third-order valence-corrected chi connectivity index (χ3v) is 5.84. The molecule has 1 heterocycles. The molecule has 0 radical (unpaired) electrons. The van der Waals surface area contributed by atoms with Gasteiger partial charge in [-0.3, -0.25) is 9.78 Å². The Morgan fingerprint density at radius 3 is 2.50 bits per heavy atom. The summed E-state index contributed by atoms with van der Waals surface area (Å²) in [6, 6.07) is 7.15. The Balaban J connectivity index is 2.07. The van der Waals surface area contributed by atoms with Gasteiger partial charge in [0.1, 0.15) is 0 Å². The Morgan fingerprint density at radius 2 is 1.92 bits per heavy atom. The second-order valence-corrected chi connectivity index (χ2v) is 8.05.